The number of benzene rings is 2. The summed E-state index contributed by atoms with van der Waals surface area (Å²) in [5, 5.41) is 26.8. The van der Waals surface area contributed by atoms with E-state index in [9.17, 15) is 24.3 Å². The van der Waals surface area contributed by atoms with Gasteiger partial charge < -0.3 is 26.0 Å². The number of halogens is 3. The number of carbonyl (C=O) groups excluding carboxylic acids is 4. The monoisotopic (exact) mass is 683 g/mol. The third-order valence-corrected chi connectivity index (χ3v) is 9.66. The molecule has 2 aliphatic rings. The number of aliphatic hydroxyl groups is 1. The van der Waals surface area contributed by atoms with E-state index in [0.29, 0.717) is 44.3 Å². The van der Waals surface area contributed by atoms with E-state index in [4.69, 9.17) is 5.26 Å². The van der Waals surface area contributed by atoms with Gasteiger partial charge >= 0.3 is 5.92 Å². The molecule has 4 rings (SSSR count). The van der Waals surface area contributed by atoms with Crippen LogP contribution in [0.15, 0.2) is 42.5 Å². The number of rotatable bonds is 11. The van der Waals surface area contributed by atoms with Gasteiger partial charge in [-0.05, 0) is 68.4 Å². The number of anilines is 1. The minimum absolute atomic E-state index is 0.0519. The summed E-state index contributed by atoms with van der Waals surface area (Å²) in [6, 6.07) is 7.81. The van der Waals surface area contributed by atoms with Gasteiger partial charge in [-0.3, -0.25) is 19.2 Å². The number of carbonyl (C=O) groups is 4. The van der Waals surface area contributed by atoms with Crippen LogP contribution in [-0.4, -0.2) is 64.4 Å². The Balaban J connectivity index is 1.53. The highest BCUT2D eigenvalue weighted by Gasteiger charge is 2.44. The Labute approximate surface area is 284 Å². The summed E-state index contributed by atoms with van der Waals surface area (Å²) < 4.78 is 46.1. The van der Waals surface area contributed by atoms with Crippen LogP contribution in [0, 0.1) is 23.1 Å². The summed E-state index contributed by atoms with van der Waals surface area (Å²) >= 11 is 0. The Bertz CT molecular complexity index is 1580. The summed E-state index contributed by atoms with van der Waals surface area (Å²) in [5.74, 6) is -9.33. The molecule has 1 aliphatic carbocycles. The van der Waals surface area contributed by atoms with Gasteiger partial charge in [-0.25, -0.2) is 4.39 Å². The number of nitrogens with one attached hydrogen (secondary N) is 3. The molecule has 0 bridgehead atoms. The number of nitrogens with zero attached hydrogens (tertiary/aromatic N) is 2. The Kier molecular flexibility index (Phi) is 12.1. The molecule has 264 valence electrons. The highest BCUT2D eigenvalue weighted by atomic mass is 19.3. The van der Waals surface area contributed by atoms with Gasteiger partial charge in [0.05, 0.1) is 22.9 Å². The molecular formula is C36H44F3N5O5. The van der Waals surface area contributed by atoms with E-state index in [2.05, 4.69) is 16.0 Å². The van der Waals surface area contributed by atoms with Gasteiger partial charge in [0.2, 0.25) is 17.7 Å². The number of hydrogen-bond donors (Lipinski definition) is 4. The zero-order valence-electron chi connectivity index (χ0n) is 28.0. The van der Waals surface area contributed by atoms with E-state index in [1.54, 1.807) is 31.7 Å². The van der Waals surface area contributed by atoms with E-state index in [1.807, 2.05) is 0 Å². The standard InChI is InChI=1S/C36H44F3N5O5/c1-4-29(45)42-30(33(47)44-17-15-35(3,49)16-18-44)22(2)25-13-14-28(27(37)20-25)41-32(46)31(24-10-6-5-7-11-24)43-34(48)36(38,39)26-12-8-9-23(19-26)21-40/h8-9,12-14,19-20,22,24,30-31,49H,4-7,10-11,15-18H2,1-3H3,(H,41,46)(H,42,45)(H,43,48). The Morgan fingerprint density at radius 1 is 1.06 bits per heavy atom. The van der Waals surface area contributed by atoms with Gasteiger partial charge in [-0.1, -0.05) is 51.3 Å². The van der Waals surface area contributed by atoms with Crippen LogP contribution in [0.4, 0.5) is 18.9 Å². The number of amides is 4. The van der Waals surface area contributed by atoms with Crippen molar-refractivity contribution in [1.82, 2.24) is 15.5 Å². The molecule has 4 N–H and O–H groups in total. The molecule has 1 saturated heterocycles. The lowest BCUT2D eigenvalue weighted by Crippen LogP contribution is -2.54. The summed E-state index contributed by atoms with van der Waals surface area (Å²) in [6.45, 7) is 5.62. The van der Waals surface area contributed by atoms with Crippen molar-refractivity contribution < 1.29 is 37.5 Å². The second-order valence-electron chi connectivity index (χ2n) is 13.4. The molecule has 1 saturated carbocycles. The second kappa shape index (κ2) is 15.8. The lowest BCUT2D eigenvalue weighted by Gasteiger charge is -2.38. The SMILES string of the molecule is CCC(=O)NC(C(=O)N1CCC(C)(O)CC1)C(C)c1ccc(NC(=O)C(NC(=O)C(F)(F)c2cccc(C#N)c2)C2CCCCC2)c(F)c1. The molecule has 13 heteroatoms. The van der Waals surface area contributed by atoms with E-state index >= 15 is 13.2 Å². The highest BCUT2D eigenvalue weighted by Crippen LogP contribution is 2.33. The van der Waals surface area contributed by atoms with Crippen molar-refractivity contribution in [2.45, 2.75) is 102 Å². The Hall–Kier alpha value is -4.44. The predicted octanol–water partition coefficient (Wildman–Crippen LogP) is 4.86. The Morgan fingerprint density at radius 3 is 2.35 bits per heavy atom. The smallest absolute Gasteiger partial charge is 0.349 e. The van der Waals surface area contributed by atoms with E-state index in [-0.39, 0.29) is 29.5 Å². The first kappa shape index (κ1) is 37.4. The average molecular weight is 684 g/mol. The fourth-order valence-electron chi connectivity index (χ4n) is 6.41. The molecule has 3 atom stereocenters. The summed E-state index contributed by atoms with van der Waals surface area (Å²) in [5.41, 5.74) is -1.52. The number of hydrogen-bond acceptors (Lipinski definition) is 6. The first-order valence-electron chi connectivity index (χ1n) is 16.8. The second-order valence-corrected chi connectivity index (χ2v) is 13.4. The first-order chi connectivity index (χ1) is 23.2. The fourth-order valence-corrected chi connectivity index (χ4v) is 6.41. The lowest BCUT2D eigenvalue weighted by atomic mass is 9.83. The van der Waals surface area contributed by atoms with Gasteiger partial charge in [0.25, 0.3) is 5.91 Å². The molecule has 3 unspecified atom stereocenters. The van der Waals surface area contributed by atoms with Crippen molar-refractivity contribution in [2.75, 3.05) is 18.4 Å². The molecule has 0 aromatic heterocycles. The number of likely N-dealkylation sites (tertiary alicyclic amines) is 1. The van der Waals surface area contributed by atoms with Crippen molar-refractivity contribution in [1.29, 1.82) is 5.26 Å². The van der Waals surface area contributed by atoms with Gasteiger partial charge in [-0.15, -0.1) is 0 Å². The minimum atomic E-state index is -4.05. The maximum Gasteiger partial charge on any atom is 0.349 e. The van der Waals surface area contributed by atoms with Crippen LogP contribution in [0.25, 0.3) is 0 Å². The molecule has 2 fully saturated rings. The Morgan fingerprint density at radius 2 is 1.73 bits per heavy atom. The topological polar surface area (TPSA) is 152 Å². The van der Waals surface area contributed by atoms with Gasteiger partial charge in [0.1, 0.15) is 17.9 Å². The lowest BCUT2D eigenvalue weighted by molar-refractivity contribution is -0.149. The first-order valence-corrected chi connectivity index (χ1v) is 16.8. The average Bonchev–Trinajstić information content (AvgIpc) is 3.09. The van der Waals surface area contributed by atoms with Crippen molar-refractivity contribution in [3.05, 3.63) is 65.0 Å². The molecule has 2 aromatic carbocycles. The molecular weight excluding hydrogens is 639 g/mol. The van der Waals surface area contributed by atoms with Crippen molar-refractivity contribution >= 4 is 29.3 Å². The largest absolute Gasteiger partial charge is 0.390 e. The molecule has 1 aliphatic heterocycles. The van der Waals surface area contributed by atoms with E-state index in [1.165, 1.54) is 24.3 Å². The zero-order valence-corrected chi connectivity index (χ0v) is 28.0. The van der Waals surface area contributed by atoms with Crippen molar-refractivity contribution in [2.24, 2.45) is 5.92 Å². The number of nitriles is 1. The molecule has 4 amide bonds. The van der Waals surface area contributed by atoms with Crippen LogP contribution < -0.4 is 16.0 Å². The highest BCUT2D eigenvalue weighted by molar-refractivity contribution is 5.98. The van der Waals surface area contributed by atoms with E-state index < -0.39 is 58.6 Å². The molecule has 10 nitrogen and oxygen atoms in total. The maximum absolute atomic E-state index is 15.6. The van der Waals surface area contributed by atoms with Gasteiger partial charge in [0, 0.05) is 31.0 Å². The quantitative estimate of drug-likeness (QED) is 0.266. The summed E-state index contributed by atoms with van der Waals surface area (Å²) in [7, 11) is 0. The molecule has 49 heavy (non-hydrogen) atoms. The normalized spacial score (nSPS) is 18.4. The van der Waals surface area contributed by atoms with Crippen molar-refractivity contribution in [3.8, 4) is 6.07 Å². The summed E-state index contributed by atoms with van der Waals surface area (Å²) in [4.78, 5) is 54.0. The molecule has 0 radical (unpaired) electrons. The predicted molar refractivity (Wildman–Crippen MR) is 176 cm³/mol. The molecule has 1 heterocycles. The molecule has 0 spiro atoms. The molecule has 2 aromatic rings. The van der Waals surface area contributed by atoms with Crippen LogP contribution in [0.2, 0.25) is 0 Å². The maximum atomic E-state index is 15.6. The number of piperidine rings is 1. The fraction of sp³-hybridized carbons (Fsp3) is 0.528. The van der Waals surface area contributed by atoms with Crippen LogP contribution in [0.1, 0.15) is 94.7 Å². The summed E-state index contributed by atoms with van der Waals surface area (Å²) in [6.07, 6.45) is 4.23. The van der Waals surface area contributed by atoms with Gasteiger partial charge in [-0.2, -0.15) is 14.0 Å². The van der Waals surface area contributed by atoms with E-state index in [0.717, 1.165) is 37.5 Å². The zero-order chi connectivity index (χ0) is 35.9. The van der Waals surface area contributed by atoms with Gasteiger partial charge in [0.15, 0.2) is 0 Å². The van der Waals surface area contributed by atoms with Crippen LogP contribution in [0.5, 0.6) is 0 Å². The van der Waals surface area contributed by atoms with Crippen LogP contribution >= 0.6 is 0 Å². The number of alkyl halides is 2. The van der Waals surface area contributed by atoms with Crippen molar-refractivity contribution in [3.63, 3.8) is 0 Å². The third-order valence-electron chi connectivity index (χ3n) is 9.66. The third kappa shape index (κ3) is 9.17. The van der Waals surface area contributed by atoms with Crippen LogP contribution in [0.3, 0.4) is 0 Å². The minimum Gasteiger partial charge on any atom is -0.390 e. The van der Waals surface area contributed by atoms with Crippen LogP contribution in [-0.2, 0) is 25.1 Å².